The Morgan fingerprint density at radius 1 is 1.31 bits per heavy atom. The third-order valence-electron chi connectivity index (χ3n) is 4.14. The Bertz CT molecular complexity index is 729. The van der Waals surface area contributed by atoms with Crippen molar-refractivity contribution in [3.05, 3.63) is 23.3 Å². The van der Waals surface area contributed by atoms with Crippen LogP contribution in [0.1, 0.15) is 51.3 Å². The normalized spacial score (nSPS) is 17.6. The molecule has 0 spiro atoms. The average molecular weight is 392 g/mol. The molecule has 1 heterocycles. The maximum atomic E-state index is 12.9. The van der Waals surface area contributed by atoms with Gasteiger partial charge in [0.05, 0.1) is 15.7 Å². The van der Waals surface area contributed by atoms with Crippen LogP contribution in [-0.4, -0.2) is 32.7 Å². The largest absolute Gasteiger partial charge is 0.508 e. The van der Waals surface area contributed by atoms with Crippen molar-refractivity contribution in [3.63, 3.8) is 0 Å². The number of alkyl halides is 3. The van der Waals surface area contributed by atoms with E-state index in [0.717, 1.165) is 0 Å². The Labute approximate surface area is 153 Å². The molecule has 1 aromatic rings. The van der Waals surface area contributed by atoms with Gasteiger partial charge in [-0.15, -0.1) is 0 Å². The molecule has 1 aliphatic rings. The van der Waals surface area contributed by atoms with Gasteiger partial charge in [0.15, 0.2) is 0 Å². The van der Waals surface area contributed by atoms with E-state index in [0.29, 0.717) is 28.9 Å². The first-order valence-electron chi connectivity index (χ1n) is 8.25. The number of nitrogens with zero attached hydrogens (tertiary/aromatic N) is 1. The minimum absolute atomic E-state index is 0.0364. The molecule has 1 aliphatic heterocycles. The summed E-state index contributed by atoms with van der Waals surface area (Å²) in [4.78, 5) is 12.4. The molecule has 9 heteroatoms. The standard InChI is InChI=1S/C17H23F3N2O3S/c1-10(21-26(25)16(2,3)4)12-9-13-11(8-14(12)23)6-5-7-22(13)15(24)17(18,19)20/h8-10,21,23H,5-7H2,1-4H3/t10-,26?/m0/s1. The van der Waals surface area contributed by atoms with Crippen LogP contribution in [-0.2, 0) is 22.2 Å². The summed E-state index contributed by atoms with van der Waals surface area (Å²) >= 11 is 0. The summed E-state index contributed by atoms with van der Waals surface area (Å²) in [5, 5.41) is 10.3. The van der Waals surface area contributed by atoms with Crippen LogP contribution in [0.25, 0.3) is 0 Å². The highest BCUT2D eigenvalue weighted by Gasteiger charge is 2.44. The first kappa shape index (κ1) is 20.7. The summed E-state index contributed by atoms with van der Waals surface area (Å²) in [6.45, 7) is 6.95. The highest BCUT2D eigenvalue weighted by molar-refractivity contribution is 7.84. The van der Waals surface area contributed by atoms with Crippen LogP contribution in [0.15, 0.2) is 12.1 Å². The second-order valence-electron chi connectivity index (χ2n) is 7.32. The molecule has 26 heavy (non-hydrogen) atoms. The number of phenols is 1. The number of carbonyl (C=O) groups is 1. The topological polar surface area (TPSA) is 69.6 Å². The monoisotopic (exact) mass is 392 g/mol. The van der Waals surface area contributed by atoms with Gasteiger partial charge in [-0.2, -0.15) is 13.2 Å². The van der Waals surface area contributed by atoms with Crippen LogP contribution in [0, 0.1) is 0 Å². The zero-order valence-electron chi connectivity index (χ0n) is 15.1. The van der Waals surface area contributed by atoms with Gasteiger partial charge >= 0.3 is 12.1 Å². The highest BCUT2D eigenvalue weighted by Crippen LogP contribution is 2.37. The van der Waals surface area contributed by atoms with E-state index in [1.165, 1.54) is 12.1 Å². The number of carbonyl (C=O) groups excluding carboxylic acids is 1. The molecule has 0 fully saturated rings. The van der Waals surface area contributed by atoms with Gasteiger partial charge in [-0.05, 0) is 58.2 Å². The third kappa shape index (κ3) is 4.37. The number of rotatable bonds is 3. The van der Waals surface area contributed by atoms with Crippen molar-refractivity contribution in [2.75, 3.05) is 11.4 Å². The molecular weight excluding hydrogens is 369 g/mol. The van der Waals surface area contributed by atoms with Crippen molar-refractivity contribution in [1.82, 2.24) is 4.72 Å². The van der Waals surface area contributed by atoms with Crippen molar-refractivity contribution >= 4 is 22.6 Å². The minimum Gasteiger partial charge on any atom is -0.508 e. The Morgan fingerprint density at radius 3 is 2.46 bits per heavy atom. The smallest absolute Gasteiger partial charge is 0.471 e. The Balaban J connectivity index is 2.39. The van der Waals surface area contributed by atoms with Crippen molar-refractivity contribution in [1.29, 1.82) is 0 Å². The van der Waals surface area contributed by atoms with Gasteiger partial charge in [0.25, 0.3) is 0 Å². The van der Waals surface area contributed by atoms with E-state index in [1.807, 2.05) is 0 Å². The summed E-state index contributed by atoms with van der Waals surface area (Å²) in [7, 11) is -1.43. The molecule has 146 valence electrons. The fraction of sp³-hybridized carbons (Fsp3) is 0.588. The van der Waals surface area contributed by atoms with Gasteiger partial charge in [-0.3, -0.25) is 4.79 Å². The number of benzene rings is 1. The van der Waals surface area contributed by atoms with Gasteiger partial charge in [0, 0.05) is 23.8 Å². The van der Waals surface area contributed by atoms with Crippen molar-refractivity contribution < 1.29 is 27.3 Å². The molecule has 2 N–H and O–H groups in total. The predicted molar refractivity (Wildman–Crippen MR) is 94.3 cm³/mol. The van der Waals surface area contributed by atoms with Crippen LogP contribution in [0.4, 0.5) is 18.9 Å². The molecule has 0 radical (unpaired) electrons. The minimum atomic E-state index is -4.97. The van der Waals surface area contributed by atoms with E-state index >= 15 is 0 Å². The number of hydrogen-bond donors (Lipinski definition) is 2. The molecule has 0 aromatic heterocycles. The number of amides is 1. The van der Waals surface area contributed by atoms with Gasteiger partial charge in [-0.1, -0.05) is 0 Å². The summed E-state index contributed by atoms with van der Waals surface area (Å²) in [5.41, 5.74) is 0.920. The molecule has 0 saturated heterocycles. The number of nitrogens with one attached hydrogen (secondary N) is 1. The summed E-state index contributed by atoms with van der Waals surface area (Å²) in [6.07, 6.45) is -4.11. The second-order valence-corrected chi connectivity index (χ2v) is 9.32. The first-order chi connectivity index (χ1) is 11.8. The highest BCUT2D eigenvalue weighted by atomic mass is 32.2. The lowest BCUT2D eigenvalue weighted by Crippen LogP contribution is -2.44. The maximum absolute atomic E-state index is 12.9. The van der Waals surface area contributed by atoms with E-state index in [9.17, 15) is 27.3 Å². The Hall–Kier alpha value is -1.61. The Morgan fingerprint density at radius 2 is 1.92 bits per heavy atom. The molecule has 0 aliphatic carbocycles. The number of hydrogen-bond acceptors (Lipinski definition) is 3. The fourth-order valence-corrected chi connectivity index (χ4v) is 3.55. The summed E-state index contributed by atoms with van der Waals surface area (Å²) in [5.74, 6) is -2.02. The van der Waals surface area contributed by atoms with Crippen molar-refractivity contribution in [3.8, 4) is 5.75 Å². The molecule has 1 aromatic carbocycles. The summed E-state index contributed by atoms with van der Waals surface area (Å²) in [6, 6.07) is 2.19. The molecule has 1 amide bonds. The van der Waals surface area contributed by atoms with E-state index < -0.39 is 33.9 Å². The number of phenolic OH excluding ortho intramolecular Hbond substituents is 1. The fourth-order valence-electron chi connectivity index (χ4n) is 2.75. The van der Waals surface area contributed by atoms with Crippen LogP contribution in [0.5, 0.6) is 5.75 Å². The van der Waals surface area contributed by atoms with E-state index in [4.69, 9.17) is 0 Å². The quantitative estimate of drug-likeness (QED) is 0.829. The van der Waals surface area contributed by atoms with E-state index in [2.05, 4.69) is 4.72 Å². The lowest BCUT2D eigenvalue weighted by molar-refractivity contribution is -0.170. The van der Waals surface area contributed by atoms with Gasteiger partial charge < -0.3 is 10.0 Å². The van der Waals surface area contributed by atoms with Gasteiger partial charge in [0.1, 0.15) is 5.75 Å². The number of halogens is 3. The summed E-state index contributed by atoms with van der Waals surface area (Å²) < 4.78 is 53.2. The zero-order valence-corrected chi connectivity index (χ0v) is 15.9. The van der Waals surface area contributed by atoms with Crippen LogP contribution in [0.2, 0.25) is 0 Å². The third-order valence-corrected chi connectivity index (χ3v) is 5.82. The van der Waals surface area contributed by atoms with Crippen LogP contribution in [0.3, 0.4) is 0 Å². The van der Waals surface area contributed by atoms with Crippen molar-refractivity contribution in [2.24, 2.45) is 0 Å². The lowest BCUT2D eigenvalue weighted by atomic mass is 9.96. The maximum Gasteiger partial charge on any atom is 0.471 e. The molecule has 2 rings (SSSR count). The molecule has 5 nitrogen and oxygen atoms in total. The number of aromatic hydroxyl groups is 1. The van der Waals surface area contributed by atoms with Crippen LogP contribution >= 0.6 is 0 Å². The zero-order chi connectivity index (χ0) is 19.9. The van der Waals surface area contributed by atoms with Gasteiger partial charge in [-0.25, -0.2) is 8.93 Å². The molecule has 0 bridgehead atoms. The van der Waals surface area contributed by atoms with Gasteiger partial charge in [0.2, 0.25) is 0 Å². The number of fused-ring (bicyclic) bond motifs is 1. The SMILES string of the molecule is C[C@H](NS(=O)C(C)(C)C)c1cc2c(cc1O)CCCN2C(=O)C(F)(F)F. The molecule has 0 saturated carbocycles. The van der Waals surface area contributed by atoms with Crippen molar-refractivity contribution in [2.45, 2.75) is 57.5 Å². The predicted octanol–water partition coefficient (Wildman–Crippen LogP) is 3.35. The molecule has 2 atom stereocenters. The Kier molecular flexibility index (Phi) is 5.72. The average Bonchev–Trinajstić information content (AvgIpc) is 2.50. The van der Waals surface area contributed by atoms with E-state index in [1.54, 1.807) is 27.7 Å². The number of aryl methyl sites for hydroxylation is 1. The van der Waals surface area contributed by atoms with E-state index in [-0.39, 0.29) is 18.0 Å². The second kappa shape index (κ2) is 7.19. The van der Waals surface area contributed by atoms with Crippen LogP contribution < -0.4 is 9.62 Å². The lowest BCUT2D eigenvalue weighted by Gasteiger charge is -2.31. The number of anilines is 1. The molecular formula is C17H23F3N2O3S. The molecule has 1 unspecified atom stereocenters. The first-order valence-corrected chi connectivity index (χ1v) is 9.40.